The van der Waals surface area contributed by atoms with Crippen LogP contribution in [-0.4, -0.2) is 39.1 Å². The summed E-state index contributed by atoms with van der Waals surface area (Å²) in [6, 6.07) is 15.8. The predicted molar refractivity (Wildman–Crippen MR) is 149 cm³/mol. The predicted octanol–water partition coefficient (Wildman–Crippen LogP) is 6.48. The first-order valence-electron chi connectivity index (χ1n) is 12.8. The van der Waals surface area contributed by atoms with E-state index in [0.29, 0.717) is 0 Å². The minimum Gasteiger partial charge on any atom is -0.491 e. The lowest BCUT2D eigenvalue weighted by molar-refractivity contribution is 0.0727. The van der Waals surface area contributed by atoms with Crippen LogP contribution in [0.1, 0.15) is 56.4 Å². The molecule has 2 aliphatic heterocycles. The fourth-order valence-electron chi connectivity index (χ4n) is 4.50. The smallest absolute Gasteiger partial charge is 0.143 e. The van der Waals surface area contributed by atoms with E-state index in [9.17, 15) is 0 Å². The van der Waals surface area contributed by atoms with Gasteiger partial charge in [-0.15, -0.1) is 11.8 Å². The van der Waals surface area contributed by atoms with Crippen molar-refractivity contribution in [2.45, 2.75) is 51.3 Å². The average molecular weight is 494 g/mol. The van der Waals surface area contributed by atoms with Crippen molar-refractivity contribution in [3.8, 4) is 5.75 Å². The zero-order valence-electron chi connectivity index (χ0n) is 21.4. The molecule has 2 atom stereocenters. The van der Waals surface area contributed by atoms with Crippen molar-refractivity contribution in [2.24, 2.45) is 0 Å². The molecule has 0 saturated heterocycles. The number of benzene rings is 2. The third-order valence-electron chi connectivity index (χ3n) is 6.54. The molecule has 2 unspecified atom stereocenters. The Balaban J connectivity index is 0.00000141. The van der Waals surface area contributed by atoms with Crippen LogP contribution in [0.3, 0.4) is 0 Å². The van der Waals surface area contributed by atoms with Crippen LogP contribution < -0.4 is 20.3 Å². The Morgan fingerprint density at radius 3 is 2.63 bits per heavy atom. The van der Waals surface area contributed by atoms with Crippen LogP contribution in [0.25, 0.3) is 0 Å². The van der Waals surface area contributed by atoms with Crippen molar-refractivity contribution in [2.75, 3.05) is 38.0 Å². The van der Waals surface area contributed by atoms with E-state index in [1.807, 2.05) is 13.8 Å². The van der Waals surface area contributed by atoms with Crippen molar-refractivity contribution in [1.82, 2.24) is 10.6 Å². The summed E-state index contributed by atoms with van der Waals surface area (Å²) in [7, 11) is 1.74. The first-order valence-corrected chi connectivity index (χ1v) is 14.1. The minimum absolute atomic E-state index is 0.199. The summed E-state index contributed by atoms with van der Waals surface area (Å²) < 4.78 is 12.0. The van der Waals surface area contributed by atoms with Gasteiger partial charge < -0.3 is 19.7 Å². The number of nitrogens with one attached hydrogen (secondary N) is 2. The van der Waals surface area contributed by atoms with Gasteiger partial charge in [0.1, 0.15) is 12.0 Å². The van der Waals surface area contributed by atoms with Gasteiger partial charge in [-0.05, 0) is 72.9 Å². The number of allylic oxidation sites excluding steroid dienone is 1. The van der Waals surface area contributed by atoms with Crippen LogP contribution in [-0.2, 0) is 4.74 Å². The standard InChI is InChI=1S/C27H33N3O2S.C2H6/c1-31-27(29-17-22-9-12-24(33-2)18-28-22)21-8-13-25-26(16-21)32-15-3-14-30(25)23-10-6-20(7-11-23)19-4-5-19;1-2/h6-13,16,18-19,22,27-29H,3-5,14-15,17H2,1-2H3;1-2H3. The second kappa shape index (κ2) is 12.5. The molecule has 3 aliphatic rings. The van der Waals surface area contributed by atoms with E-state index in [1.54, 1.807) is 18.9 Å². The number of nitrogens with zero attached hydrogens (tertiary/aromatic N) is 1. The van der Waals surface area contributed by atoms with E-state index < -0.39 is 0 Å². The molecule has 0 aromatic heterocycles. The number of anilines is 2. The SMILES string of the molecule is CC.COC(NCC1C=CC(SC)=CN1)c1ccc2c(c1)OCCCN2c1ccc(C2CC2)cc1. The summed E-state index contributed by atoms with van der Waals surface area (Å²) in [5.41, 5.74) is 4.89. The number of hydrogen-bond acceptors (Lipinski definition) is 6. The number of thioether (sulfide) groups is 1. The van der Waals surface area contributed by atoms with Gasteiger partial charge in [0, 0.05) is 37.0 Å². The number of methoxy groups -OCH3 is 1. The summed E-state index contributed by atoms with van der Waals surface area (Å²) in [5, 5.41) is 6.96. The Morgan fingerprint density at radius 1 is 1.17 bits per heavy atom. The fourth-order valence-corrected chi connectivity index (χ4v) is 4.90. The van der Waals surface area contributed by atoms with Crippen molar-refractivity contribution >= 4 is 23.1 Å². The zero-order chi connectivity index (χ0) is 24.6. The molecule has 0 amide bonds. The van der Waals surface area contributed by atoms with Crippen LogP contribution in [0.4, 0.5) is 11.4 Å². The van der Waals surface area contributed by atoms with E-state index >= 15 is 0 Å². The summed E-state index contributed by atoms with van der Waals surface area (Å²) >= 11 is 1.74. The Kier molecular flexibility index (Phi) is 9.18. The van der Waals surface area contributed by atoms with Gasteiger partial charge in [-0.1, -0.05) is 38.1 Å². The summed E-state index contributed by atoms with van der Waals surface area (Å²) in [4.78, 5) is 3.62. The molecule has 5 nitrogen and oxygen atoms in total. The molecule has 1 saturated carbocycles. The van der Waals surface area contributed by atoms with Gasteiger partial charge in [-0.3, -0.25) is 5.32 Å². The monoisotopic (exact) mass is 493 g/mol. The Bertz CT molecular complexity index is 1020. The van der Waals surface area contributed by atoms with Crippen molar-refractivity contribution in [1.29, 1.82) is 0 Å². The maximum Gasteiger partial charge on any atom is 0.143 e. The van der Waals surface area contributed by atoms with Gasteiger partial charge in [0.15, 0.2) is 0 Å². The third-order valence-corrected chi connectivity index (χ3v) is 7.27. The highest BCUT2D eigenvalue weighted by atomic mass is 32.2. The largest absolute Gasteiger partial charge is 0.491 e. The van der Waals surface area contributed by atoms with Crippen LogP contribution in [0.2, 0.25) is 0 Å². The topological polar surface area (TPSA) is 45.8 Å². The lowest BCUT2D eigenvalue weighted by Gasteiger charge is -2.26. The maximum atomic E-state index is 6.17. The number of rotatable bonds is 8. The highest BCUT2D eigenvalue weighted by molar-refractivity contribution is 8.02. The van der Waals surface area contributed by atoms with E-state index in [4.69, 9.17) is 9.47 Å². The molecule has 1 aliphatic carbocycles. The molecule has 1 fully saturated rings. The highest BCUT2D eigenvalue weighted by Gasteiger charge is 2.24. The zero-order valence-corrected chi connectivity index (χ0v) is 22.2. The summed E-state index contributed by atoms with van der Waals surface area (Å²) in [6.07, 6.45) is 12.0. The maximum absolute atomic E-state index is 6.17. The molecule has 6 heteroatoms. The normalized spacial score (nSPS) is 19.8. The summed E-state index contributed by atoms with van der Waals surface area (Å²) in [5.74, 6) is 1.70. The number of ether oxygens (including phenoxy) is 2. The molecule has 0 bridgehead atoms. The minimum atomic E-state index is -0.199. The number of fused-ring (bicyclic) bond motifs is 1. The lowest BCUT2D eigenvalue weighted by Crippen LogP contribution is -2.38. The van der Waals surface area contributed by atoms with Crippen molar-refractivity contribution in [3.63, 3.8) is 0 Å². The van der Waals surface area contributed by atoms with Crippen LogP contribution in [0.15, 0.2) is 65.7 Å². The Hall–Kier alpha value is -2.41. The highest BCUT2D eigenvalue weighted by Crippen LogP contribution is 2.42. The summed E-state index contributed by atoms with van der Waals surface area (Å²) in [6.45, 7) is 6.44. The van der Waals surface area contributed by atoms with Gasteiger partial charge in [0.05, 0.1) is 18.3 Å². The molecule has 2 N–H and O–H groups in total. The van der Waals surface area contributed by atoms with E-state index in [0.717, 1.165) is 49.0 Å². The molecule has 5 rings (SSSR count). The van der Waals surface area contributed by atoms with Gasteiger partial charge >= 0.3 is 0 Å². The average Bonchev–Trinajstić information content (AvgIpc) is 3.78. The quantitative estimate of drug-likeness (QED) is 0.411. The van der Waals surface area contributed by atoms with Crippen LogP contribution >= 0.6 is 11.8 Å². The third kappa shape index (κ3) is 6.43. The first kappa shape index (κ1) is 25.7. The molecule has 2 aromatic rings. The molecule has 35 heavy (non-hydrogen) atoms. The van der Waals surface area contributed by atoms with Crippen LogP contribution in [0, 0.1) is 0 Å². The molecule has 0 spiro atoms. The molecule has 0 radical (unpaired) electrons. The Labute approximate surface area is 215 Å². The van der Waals surface area contributed by atoms with Gasteiger partial charge in [0.2, 0.25) is 0 Å². The molecular formula is C29H39N3O2S. The second-order valence-electron chi connectivity index (χ2n) is 8.85. The molecule has 2 heterocycles. The molecular weight excluding hydrogens is 454 g/mol. The first-order chi connectivity index (χ1) is 17.2. The molecule has 188 valence electrons. The fraction of sp³-hybridized carbons (Fsp3) is 0.448. The lowest BCUT2D eigenvalue weighted by atomic mass is 10.1. The van der Waals surface area contributed by atoms with Gasteiger partial charge in [-0.25, -0.2) is 0 Å². The second-order valence-corrected chi connectivity index (χ2v) is 9.73. The van der Waals surface area contributed by atoms with Crippen molar-refractivity contribution < 1.29 is 9.47 Å². The van der Waals surface area contributed by atoms with Gasteiger partial charge in [0.25, 0.3) is 0 Å². The van der Waals surface area contributed by atoms with Crippen LogP contribution in [0.5, 0.6) is 5.75 Å². The van der Waals surface area contributed by atoms with E-state index in [1.165, 1.54) is 29.0 Å². The Morgan fingerprint density at radius 2 is 1.97 bits per heavy atom. The van der Waals surface area contributed by atoms with E-state index in [-0.39, 0.29) is 12.3 Å². The van der Waals surface area contributed by atoms with Gasteiger partial charge in [-0.2, -0.15) is 0 Å². The number of dihydropyridines is 1. The molecule has 2 aromatic carbocycles. The number of hydrogen-bond donors (Lipinski definition) is 2. The van der Waals surface area contributed by atoms with Crippen molar-refractivity contribution in [3.05, 3.63) is 76.8 Å². The van der Waals surface area contributed by atoms with E-state index in [2.05, 4.69) is 82.6 Å².